The third kappa shape index (κ3) is 5.11. The highest BCUT2D eigenvalue weighted by Gasteiger charge is 2.36. The van der Waals surface area contributed by atoms with Crippen molar-refractivity contribution in [3.05, 3.63) is 34.9 Å². The Bertz CT molecular complexity index is 737. The lowest BCUT2D eigenvalue weighted by molar-refractivity contribution is -0.137. The van der Waals surface area contributed by atoms with Crippen LogP contribution in [0.3, 0.4) is 0 Å². The molecule has 0 aromatic heterocycles. The largest absolute Gasteiger partial charge is 0.353 e. The van der Waals surface area contributed by atoms with Crippen molar-refractivity contribution in [2.45, 2.75) is 69.5 Å². The molecule has 2 aliphatic heterocycles. The van der Waals surface area contributed by atoms with Gasteiger partial charge in [0.2, 0.25) is 11.8 Å². The molecule has 158 valence electrons. The molecule has 2 heterocycles. The van der Waals surface area contributed by atoms with Gasteiger partial charge in [-0.15, -0.1) is 0 Å². The van der Waals surface area contributed by atoms with E-state index in [1.54, 1.807) is 0 Å². The quantitative estimate of drug-likeness (QED) is 0.702. The Labute approximate surface area is 177 Å². The minimum atomic E-state index is -0.279. The number of nitrogens with one attached hydrogen (secondary N) is 3. The lowest BCUT2D eigenvalue weighted by atomic mass is 9.92. The Kier molecular flexibility index (Phi) is 6.73. The zero-order chi connectivity index (χ0) is 20.2. The normalized spacial score (nSPS) is 28.3. The molecule has 6 nitrogen and oxygen atoms in total. The SMILES string of the molecule is O=C(NC1CCCCC1)C1CCCN(C(=O)C2CC(c3cccc(Cl)c3)NN2)C1. The third-order valence-corrected chi connectivity index (χ3v) is 6.74. The maximum atomic E-state index is 13.1. The van der Waals surface area contributed by atoms with E-state index in [0.29, 0.717) is 24.0 Å². The molecule has 4 rings (SSSR count). The molecule has 0 radical (unpaired) electrons. The van der Waals surface area contributed by atoms with Gasteiger partial charge in [-0.05, 0) is 49.8 Å². The maximum absolute atomic E-state index is 13.1. The Morgan fingerprint density at radius 3 is 2.69 bits per heavy atom. The minimum Gasteiger partial charge on any atom is -0.353 e. The molecule has 3 aliphatic rings. The topological polar surface area (TPSA) is 73.5 Å². The fraction of sp³-hybridized carbons (Fsp3) is 0.636. The average molecular weight is 419 g/mol. The smallest absolute Gasteiger partial charge is 0.241 e. The lowest BCUT2D eigenvalue weighted by Gasteiger charge is -2.34. The molecule has 0 bridgehead atoms. The molecule has 2 saturated heterocycles. The van der Waals surface area contributed by atoms with Crippen molar-refractivity contribution in [3.63, 3.8) is 0 Å². The van der Waals surface area contributed by atoms with E-state index in [1.165, 1.54) is 19.3 Å². The second-order valence-corrected chi connectivity index (χ2v) is 9.09. The van der Waals surface area contributed by atoms with Gasteiger partial charge in [0.05, 0.1) is 5.92 Å². The van der Waals surface area contributed by atoms with Crippen LogP contribution in [0.15, 0.2) is 24.3 Å². The lowest BCUT2D eigenvalue weighted by Crippen LogP contribution is -2.52. The number of carbonyl (C=O) groups excluding carboxylic acids is 2. The number of halogens is 1. The van der Waals surface area contributed by atoms with Crippen molar-refractivity contribution in [2.24, 2.45) is 5.92 Å². The first-order valence-electron chi connectivity index (χ1n) is 11.0. The Balaban J connectivity index is 1.31. The van der Waals surface area contributed by atoms with E-state index in [2.05, 4.69) is 16.2 Å². The van der Waals surface area contributed by atoms with E-state index in [0.717, 1.165) is 37.8 Å². The Morgan fingerprint density at radius 2 is 1.90 bits per heavy atom. The van der Waals surface area contributed by atoms with Crippen LogP contribution in [-0.4, -0.2) is 41.9 Å². The average Bonchev–Trinajstić information content (AvgIpc) is 3.24. The van der Waals surface area contributed by atoms with Crippen LogP contribution in [0.25, 0.3) is 0 Å². The molecule has 29 heavy (non-hydrogen) atoms. The fourth-order valence-electron chi connectivity index (χ4n) is 4.84. The number of rotatable bonds is 4. The van der Waals surface area contributed by atoms with E-state index >= 15 is 0 Å². The van der Waals surface area contributed by atoms with E-state index in [4.69, 9.17) is 11.6 Å². The summed E-state index contributed by atoms with van der Waals surface area (Å²) in [7, 11) is 0. The summed E-state index contributed by atoms with van der Waals surface area (Å²) in [6.07, 6.45) is 8.28. The highest BCUT2D eigenvalue weighted by molar-refractivity contribution is 6.30. The summed E-state index contributed by atoms with van der Waals surface area (Å²) in [5.74, 6) is 0.119. The van der Waals surface area contributed by atoms with Gasteiger partial charge in [-0.2, -0.15) is 0 Å². The summed E-state index contributed by atoms with van der Waals surface area (Å²) in [6.45, 7) is 1.25. The first-order chi connectivity index (χ1) is 14.1. The van der Waals surface area contributed by atoms with Crippen molar-refractivity contribution in [3.8, 4) is 0 Å². The van der Waals surface area contributed by atoms with E-state index in [9.17, 15) is 9.59 Å². The predicted molar refractivity (Wildman–Crippen MR) is 113 cm³/mol. The first kappa shape index (κ1) is 20.6. The molecule has 1 saturated carbocycles. The maximum Gasteiger partial charge on any atom is 0.241 e. The molecule has 1 aliphatic carbocycles. The van der Waals surface area contributed by atoms with Crippen LogP contribution in [0.5, 0.6) is 0 Å². The molecular weight excluding hydrogens is 388 g/mol. The van der Waals surface area contributed by atoms with Crippen LogP contribution in [0.1, 0.15) is 63.0 Å². The molecule has 3 atom stereocenters. The fourth-order valence-corrected chi connectivity index (χ4v) is 5.04. The summed E-state index contributed by atoms with van der Waals surface area (Å²) < 4.78 is 0. The van der Waals surface area contributed by atoms with Gasteiger partial charge < -0.3 is 10.2 Å². The first-order valence-corrected chi connectivity index (χ1v) is 11.3. The van der Waals surface area contributed by atoms with Crippen LogP contribution in [0.4, 0.5) is 0 Å². The summed E-state index contributed by atoms with van der Waals surface area (Å²) in [6, 6.07) is 7.82. The van der Waals surface area contributed by atoms with Gasteiger partial charge in [-0.3, -0.25) is 9.59 Å². The number of carbonyl (C=O) groups is 2. The number of piperidine rings is 1. The van der Waals surface area contributed by atoms with Crippen molar-refractivity contribution in [1.82, 2.24) is 21.1 Å². The van der Waals surface area contributed by atoms with Crippen LogP contribution in [-0.2, 0) is 9.59 Å². The van der Waals surface area contributed by atoms with Crippen molar-refractivity contribution >= 4 is 23.4 Å². The standard InChI is InChI=1S/C22H31ClN4O2/c23-17-8-4-6-15(12-17)19-13-20(26-25-19)22(29)27-11-5-7-16(14-27)21(28)24-18-9-2-1-3-10-18/h4,6,8,12,16,18-20,25-26H,1-3,5,7,9-11,13-14H2,(H,24,28). The highest BCUT2D eigenvalue weighted by atomic mass is 35.5. The van der Waals surface area contributed by atoms with E-state index in [-0.39, 0.29) is 29.8 Å². The van der Waals surface area contributed by atoms with Crippen LogP contribution >= 0.6 is 11.6 Å². The van der Waals surface area contributed by atoms with E-state index in [1.807, 2.05) is 29.2 Å². The van der Waals surface area contributed by atoms with Crippen LogP contribution < -0.4 is 16.2 Å². The molecule has 1 aromatic carbocycles. The van der Waals surface area contributed by atoms with Crippen LogP contribution in [0, 0.1) is 5.92 Å². The van der Waals surface area contributed by atoms with Gasteiger partial charge in [-0.1, -0.05) is 43.0 Å². The molecule has 1 aromatic rings. The molecule has 3 fully saturated rings. The molecule has 3 N–H and O–H groups in total. The molecule has 7 heteroatoms. The van der Waals surface area contributed by atoms with Gasteiger partial charge >= 0.3 is 0 Å². The summed E-state index contributed by atoms with van der Waals surface area (Å²) in [5, 5.41) is 3.93. The third-order valence-electron chi connectivity index (χ3n) is 6.51. The number of amides is 2. The number of hydrazine groups is 1. The minimum absolute atomic E-state index is 0.0536. The molecule has 3 unspecified atom stereocenters. The zero-order valence-corrected chi connectivity index (χ0v) is 17.6. The highest BCUT2D eigenvalue weighted by Crippen LogP contribution is 2.27. The predicted octanol–water partition coefficient (Wildman–Crippen LogP) is 2.94. The summed E-state index contributed by atoms with van der Waals surface area (Å²) in [4.78, 5) is 27.7. The summed E-state index contributed by atoms with van der Waals surface area (Å²) >= 11 is 6.10. The second kappa shape index (κ2) is 9.45. The molecule has 0 spiro atoms. The number of hydrogen-bond donors (Lipinski definition) is 3. The van der Waals surface area contributed by atoms with Crippen molar-refractivity contribution < 1.29 is 9.59 Å². The monoisotopic (exact) mass is 418 g/mol. The second-order valence-electron chi connectivity index (χ2n) is 8.65. The molecule has 2 amide bonds. The Hall–Kier alpha value is -1.63. The van der Waals surface area contributed by atoms with Gasteiger partial charge in [0.1, 0.15) is 6.04 Å². The molecular formula is C22H31ClN4O2. The number of benzene rings is 1. The van der Waals surface area contributed by atoms with Gasteiger partial charge in [-0.25, -0.2) is 10.9 Å². The van der Waals surface area contributed by atoms with Crippen LogP contribution in [0.2, 0.25) is 5.02 Å². The van der Waals surface area contributed by atoms with E-state index < -0.39 is 0 Å². The zero-order valence-electron chi connectivity index (χ0n) is 16.8. The van der Waals surface area contributed by atoms with Gasteiger partial charge in [0, 0.05) is 30.2 Å². The summed E-state index contributed by atoms with van der Waals surface area (Å²) in [5.41, 5.74) is 7.44. The van der Waals surface area contributed by atoms with Crippen molar-refractivity contribution in [1.29, 1.82) is 0 Å². The van der Waals surface area contributed by atoms with Gasteiger partial charge in [0.25, 0.3) is 0 Å². The van der Waals surface area contributed by atoms with Gasteiger partial charge in [0.15, 0.2) is 0 Å². The van der Waals surface area contributed by atoms with Crippen molar-refractivity contribution in [2.75, 3.05) is 13.1 Å². The number of hydrogen-bond acceptors (Lipinski definition) is 4. The number of likely N-dealkylation sites (tertiary alicyclic amines) is 1. The number of nitrogens with zero attached hydrogens (tertiary/aromatic N) is 1. The Morgan fingerprint density at radius 1 is 1.07 bits per heavy atom.